The SMILES string of the molecule is C=CC(O)c1cc(OCCOC(=O)C[C@H](NC(=O)OC(C)(C)C)C(=O)OCC)ccc1[N+](=O)[O-]. The lowest BCUT2D eigenvalue weighted by Gasteiger charge is -2.22. The highest BCUT2D eigenvalue weighted by Crippen LogP contribution is 2.29. The molecule has 34 heavy (non-hydrogen) atoms. The molecule has 188 valence electrons. The average molecular weight is 482 g/mol. The lowest BCUT2D eigenvalue weighted by atomic mass is 10.1. The highest BCUT2D eigenvalue weighted by molar-refractivity contribution is 5.86. The lowest BCUT2D eigenvalue weighted by molar-refractivity contribution is -0.386. The first-order chi connectivity index (χ1) is 15.9. The highest BCUT2D eigenvalue weighted by Gasteiger charge is 2.28. The Bertz CT molecular complexity index is 894. The van der Waals surface area contributed by atoms with E-state index < -0.39 is 47.1 Å². The molecule has 0 aromatic heterocycles. The molecule has 12 nitrogen and oxygen atoms in total. The van der Waals surface area contributed by atoms with Crippen LogP contribution in [0.25, 0.3) is 0 Å². The van der Waals surface area contributed by atoms with E-state index in [1.807, 2.05) is 0 Å². The number of rotatable bonds is 12. The number of hydrogen-bond acceptors (Lipinski definition) is 10. The second kappa shape index (κ2) is 13.1. The average Bonchev–Trinajstić information content (AvgIpc) is 2.74. The fraction of sp³-hybridized carbons (Fsp3) is 0.500. The van der Waals surface area contributed by atoms with Gasteiger partial charge in [0.05, 0.1) is 23.5 Å². The number of alkyl carbamates (subject to hydrolysis) is 1. The van der Waals surface area contributed by atoms with Crippen LogP contribution in [0.5, 0.6) is 5.75 Å². The zero-order valence-corrected chi connectivity index (χ0v) is 19.6. The van der Waals surface area contributed by atoms with Crippen LogP contribution in [0.1, 0.15) is 45.8 Å². The van der Waals surface area contributed by atoms with Crippen LogP contribution < -0.4 is 10.1 Å². The normalized spacial score (nSPS) is 12.6. The smallest absolute Gasteiger partial charge is 0.408 e. The summed E-state index contributed by atoms with van der Waals surface area (Å²) in [5, 5.41) is 23.3. The van der Waals surface area contributed by atoms with Crippen LogP contribution in [0.3, 0.4) is 0 Å². The summed E-state index contributed by atoms with van der Waals surface area (Å²) >= 11 is 0. The van der Waals surface area contributed by atoms with Crippen LogP contribution in [-0.2, 0) is 23.8 Å². The van der Waals surface area contributed by atoms with Gasteiger partial charge in [-0.2, -0.15) is 0 Å². The second-order valence-corrected chi connectivity index (χ2v) is 7.88. The van der Waals surface area contributed by atoms with Crippen molar-refractivity contribution in [2.45, 2.75) is 51.9 Å². The summed E-state index contributed by atoms with van der Waals surface area (Å²) in [5.74, 6) is -1.42. The van der Waals surface area contributed by atoms with Crippen molar-refractivity contribution >= 4 is 23.7 Å². The van der Waals surface area contributed by atoms with Gasteiger partial charge in [-0.05, 0) is 39.8 Å². The monoisotopic (exact) mass is 482 g/mol. The van der Waals surface area contributed by atoms with Gasteiger partial charge in [0, 0.05) is 6.07 Å². The minimum absolute atomic E-state index is 0.00000890. The lowest BCUT2D eigenvalue weighted by Crippen LogP contribution is -2.45. The zero-order valence-electron chi connectivity index (χ0n) is 19.6. The van der Waals surface area contributed by atoms with E-state index >= 15 is 0 Å². The van der Waals surface area contributed by atoms with Gasteiger partial charge in [-0.15, -0.1) is 6.58 Å². The maximum absolute atomic E-state index is 12.1. The standard InChI is InChI=1S/C22H30N2O10/c1-6-18(25)15-12-14(8-9-17(15)24(29)30)32-10-11-33-19(26)13-16(20(27)31-7-2)23-21(28)34-22(3,4)5/h6,8-9,12,16,18,25H,1,7,10-11,13H2,2-5H3,(H,23,28)/t16-,18?/m0/s1. The zero-order chi connectivity index (χ0) is 25.9. The molecule has 0 fully saturated rings. The minimum atomic E-state index is -1.30. The molecular weight excluding hydrogens is 452 g/mol. The van der Waals surface area contributed by atoms with Crippen LogP contribution >= 0.6 is 0 Å². The Balaban J connectivity index is 2.65. The molecule has 1 amide bonds. The Morgan fingerprint density at radius 2 is 1.91 bits per heavy atom. The van der Waals surface area contributed by atoms with Crippen molar-refractivity contribution in [3.05, 3.63) is 46.5 Å². The van der Waals surface area contributed by atoms with Crippen LogP contribution in [-0.4, -0.2) is 59.5 Å². The molecule has 0 saturated carbocycles. The van der Waals surface area contributed by atoms with Crippen molar-refractivity contribution in [2.75, 3.05) is 19.8 Å². The number of ether oxygens (including phenoxy) is 4. The Kier molecular flexibility index (Phi) is 11.0. The van der Waals surface area contributed by atoms with Gasteiger partial charge in [-0.25, -0.2) is 9.59 Å². The molecule has 12 heteroatoms. The number of hydrogen-bond donors (Lipinski definition) is 2. The molecule has 1 aromatic rings. The highest BCUT2D eigenvalue weighted by atomic mass is 16.6. The summed E-state index contributed by atoms with van der Waals surface area (Å²) in [7, 11) is 0. The molecule has 1 aromatic carbocycles. The molecule has 0 aliphatic rings. The molecule has 2 N–H and O–H groups in total. The quantitative estimate of drug-likeness (QED) is 0.113. The van der Waals surface area contributed by atoms with Crippen LogP contribution in [0.15, 0.2) is 30.9 Å². The summed E-state index contributed by atoms with van der Waals surface area (Å²) < 4.78 is 20.4. The van der Waals surface area contributed by atoms with Crippen LogP contribution in [0.4, 0.5) is 10.5 Å². The van der Waals surface area contributed by atoms with Gasteiger partial charge in [-0.1, -0.05) is 6.08 Å². The van der Waals surface area contributed by atoms with Crippen molar-refractivity contribution in [3.8, 4) is 5.75 Å². The third kappa shape index (κ3) is 9.86. The molecular formula is C22H30N2O10. The van der Waals surface area contributed by atoms with Gasteiger partial charge in [0.25, 0.3) is 5.69 Å². The number of aliphatic hydroxyl groups is 1. The number of carbonyl (C=O) groups excluding carboxylic acids is 3. The first-order valence-corrected chi connectivity index (χ1v) is 10.4. The van der Waals surface area contributed by atoms with E-state index in [1.165, 1.54) is 18.2 Å². The van der Waals surface area contributed by atoms with E-state index in [9.17, 15) is 29.6 Å². The second-order valence-electron chi connectivity index (χ2n) is 7.88. The Labute approximate surface area is 197 Å². The fourth-order valence-electron chi connectivity index (χ4n) is 2.58. The third-order valence-corrected chi connectivity index (χ3v) is 3.99. The molecule has 1 rings (SSSR count). The number of nitro benzene ring substituents is 1. The summed E-state index contributed by atoms with van der Waals surface area (Å²) in [6, 6.07) is 2.49. The first-order valence-electron chi connectivity index (χ1n) is 10.4. The van der Waals surface area contributed by atoms with E-state index in [4.69, 9.17) is 18.9 Å². The van der Waals surface area contributed by atoms with Crippen molar-refractivity contribution in [3.63, 3.8) is 0 Å². The summed E-state index contributed by atoms with van der Waals surface area (Å²) in [5.41, 5.74) is -1.10. The number of nitrogens with one attached hydrogen (secondary N) is 1. The molecule has 0 heterocycles. The summed E-state index contributed by atoms with van der Waals surface area (Å²) in [6.45, 7) is 9.64. The van der Waals surface area contributed by atoms with Crippen molar-refractivity contribution in [1.82, 2.24) is 5.32 Å². The van der Waals surface area contributed by atoms with Gasteiger partial charge < -0.3 is 29.4 Å². The number of carbonyl (C=O) groups is 3. The number of aliphatic hydroxyl groups excluding tert-OH is 1. The van der Waals surface area contributed by atoms with E-state index in [0.717, 1.165) is 6.08 Å². The van der Waals surface area contributed by atoms with Gasteiger partial charge in [0.1, 0.15) is 36.7 Å². The molecule has 0 saturated heterocycles. The number of nitrogens with zero attached hydrogens (tertiary/aromatic N) is 1. The van der Waals surface area contributed by atoms with Crippen molar-refractivity contribution in [2.24, 2.45) is 0 Å². The predicted octanol–water partition coefficient (Wildman–Crippen LogP) is 2.58. The number of amides is 1. The molecule has 1 unspecified atom stereocenters. The molecule has 0 aliphatic heterocycles. The molecule has 0 radical (unpaired) electrons. The Hall–Kier alpha value is -3.67. The Morgan fingerprint density at radius 1 is 1.24 bits per heavy atom. The largest absolute Gasteiger partial charge is 0.490 e. The maximum atomic E-state index is 12.1. The fourth-order valence-corrected chi connectivity index (χ4v) is 2.58. The van der Waals surface area contributed by atoms with Crippen LogP contribution in [0, 0.1) is 10.1 Å². The summed E-state index contributed by atoms with van der Waals surface area (Å²) in [6.07, 6.45) is -1.51. The molecule has 0 aliphatic carbocycles. The Morgan fingerprint density at radius 3 is 2.47 bits per heavy atom. The maximum Gasteiger partial charge on any atom is 0.408 e. The molecule has 0 bridgehead atoms. The van der Waals surface area contributed by atoms with E-state index in [-0.39, 0.29) is 36.8 Å². The molecule has 2 atom stereocenters. The third-order valence-electron chi connectivity index (χ3n) is 3.99. The topological polar surface area (TPSA) is 164 Å². The number of benzene rings is 1. The van der Waals surface area contributed by atoms with Crippen molar-refractivity contribution in [1.29, 1.82) is 0 Å². The van der Waals surface area contributed by atoms with Crippen molar-refractivity contribution < 1.29 is 43.4 Å². The van der Waals surface area contributed by atoms with Gasteiger partial charge in [0.2, 0.25) is 0 Å². The van der Waals surface area contributed by atoms with Gasteiger partial charge >= 0.3 is 18.0 Å². The van der Waals surface area contributed by atoms with Gasteiger partial charge in [0.15, 0.2) is 0 Å². The number of nitro groups is 1. The molecule has 0 spiro atoms. The predicted molar refractivity (Wildman–Crippen MR) is 119 cm³/mol. The minimum Gasteiger partial charge on any atom is -0.490 e. The van der Waals surface area contributed by atoms with E-state index in [0.29, 0.717) is 0 Å². The van der Waals surface area contributed by atoms with E-state index in [2.05, 4.69) is 11.9 Å². The van der Waals surface area contributed by atoms with Gasteiger partial charge in [-0.3, -0.25) is 14.9 Å². The first kappa shape index (κ1) is 28.4. The summed E-state index contributed by atoms with van der Waals surface area (Å²) in [4.78, 5) is 46.6. The van der Waals surface area contributed by atoms with E-state index in [1.54, 1.807) is 27.7 Å². The van der Waals surface area contributed by atoms with Crippen LogP contribution in [0.2, 0.25) is 0 Å². The number of esters is 2.